The van der Waals surface area contributed by atoms with Crippen molar-refractivity contribution in [3.63, 3.8) is 0 Å². The summed E-state index contributed by atoms with van der Waals surface area (Å²) < 4.78 is 18.5. The standard InChI is InChI=1S/C20H27FN2O3/c1-26-11-10-23-15-20(8-6-18(23)24)7-3-9-22(14-20)19(25)13-16-4-2-5-17(21)12-16/h2,4-5,12H,3,6-11,13-15H2,1H3/t20-/m1/s1. The summed E-state index contributed by atoms with van der Waals surface area (Å²) in [5.74, 6) is -0.101. The summed E-state index contributed by atoms with van der Waals surface area (Å²) in [5.41, 5.74) is 0.687. The van der Waals surface area contributed by atoms with Crippen LogP contribution in [0.3, 0.4) is 0 Å². The molecular weight excluding hydrogens is 335 g/mol. The van der Waals surface area contributed by atoms with Crippen LogP contribution in [0.15, 0.2) is 24.3 Å². The number of nitrogens with zero attached hydrogens (tertiary/aromatic N) is 2. The van der Waals surface area contributed by atoms with E-state index in [4.69, 9.17) is 4.74 Å². The molecule has 2 fully saturated rings. The lowest BCUT2D eigenvalue weighted by molar-refractivity contribution is -0.143. The predicted molar refractivity (Wildman–Crippen MR) is 96.0 cm³/mol. The molecule has 3 rings (SSSR count). The molecule has 2 saturated heterocycles. The summed E-state index contributed by atoms with van der Waals surface area (Å²) in [6.07, 6.45) is 3.57. The van der Waals surface area contributed by atoms with Gasteiger partial charge in [-0.1, -0.05) is 12.1 Å². The zero-order chi connectivity index (χ0) is 18.6. The maximum Gasteiger partial charge on any atom is 0.227 e. The zero-order valence-corrected chi connectivity index (χ0v) is 15.4. The van der Waals surface area contributed by atoms with Crippen molar-refractivity contribution in [2.45, 2.75) is 32.1 Å². The molecule has 0 N–H and O–H groups in total. The van der Waals surface area contributed by atoms with Crippen molar-refractivity contribution >= 4 is 11.8 Å². The van der Waals surface area contributed by atoms with E-state index in [1.54, 1.807) is 19.2 Å². The van der Waals surface area contributed by atoms with E-state index < -0.39 is 0 Å². The van der Waals surface area contributed by atoms with Crippen LogP contribution in [0, 0.1) is 11.2 Å². The predicted octanol–water partition coefficient (Wildman–Crippen LogP) is 2.25. The Bertz CT molecular complexity index is 666. The summed E-state index contributed by atoms with van der Waals surface area (Å²) in [5, 5.41) is 0. The fourth-order valence-corrected chi connectivity index (χ4v) is 4.19. The van der Waals surface area contributed by atoms with E-state index >= 15 is 0 Å². The maximum atomic E-state index is 13.4. The van der Waals surface area contributed by atoms with E-state index in [2.05, 4.69) is 0 Å². The molecule has 1 aromatic rings. The first kappa shape index (κ1) is 18.8. The summed E-state index contributed by atoms with van der Waals surface area (Å²) in [4.78, 5) is 28.7. The Morgan fingerprint density at radius 3 is 2.92 bits per heavy atom. The highest BCUT2D eigenvalue weighted by atomic mass is 19.1. The summed E-state index contributed by atoms with van der Waals surface area (Å²) in [6.45, 7) is 3.25. The molecule has 0 aliphatic carbocycles. The highest BCUT2D eigenvalue weighted by Crippen LogP contribution is 2.39. The van der Waals surface area contributed by atoms with Gasteiger partial charge in [0, 0.05) is 45.1 Å². The number of carbonyl (C=O) groups excluding carboxylic acids is 2. The van der Waals surface area contributed by atoms with Crippen LogP contribution in [0.5, 0.6) is 0 Å². The molecule has 26 heavy (non-hydrogen) atoms. The van der Waals surface area contributed by atoms with Crippen molar-refractivity contribution in [2.24, 2.45) is 5.41 Å². The summed E-state index contributed by atoms with van der Waals surface area (Å²) >= 11 is 0. The lowest BCUT2D eigenvalue weighted by Crippen LogP contribution is -2.55. The molecule has 2 heterocycles. The third-order valence-electron chi connectivity index (χ3n) is 5.57. The van der Waals surface area contributed by atoms with E-state index in [0.29, 0.717) is 38.2 Å². The smallest absolute Gasteiger partial charge is 0.227 e. The Labute approximate surface area is 154 Å². The first-order chi connectivity index (χ1) is 12.5. The van der Waals surface area contributed by atoms with E-state index in [-0.39, 0.29) is 29.5 Å². The van der Waals surface area contributed by atoms with Crippen LogP contribution in [-0.4, -0.2) is 61.5 Å². The second kappa shape index (κ2) is 8.16. The van der Waals surface area contributed by atoms with E-state index in [1.807, 2.05) is 9.80 Å². The van der Waals surface area contributed by atoms with Crippen molar-refractivity contribution in [3.05, 3.63) is 35.6 Å². The molecule has 142 valence electrons. The quantitative estimate of drug-likeness (QED) is 0.807. The van der Waals surface area contributed by atoms with E-state index in [0.717, 1.165) is 25.8 Å². The van der Waals surface area contributed by atoms with Gasteiger partial charge >= 0.3 is 0 Å². The summed E-state index contributed by atoms with van der Waals surface area (Å²) in [7, 11) is 1.64. The zero-order valence-electron chi connectivity index (χ0n) is 15.4. The molecule has 1 spiro atoms. The van der Waals surface area contributed by atoms with E-state index in [1.165, 1.54) is 12.1 Å². The van der Waals surface area contributed by atoms with Gasteiger partial charge < -0.3 is 14.5 Å². The fourth-order valence-electron chi connectivity index (χ4n) is 4.19. The van der Waals surface area contributed by atoms with E-state index in [9.17, 15) is 14.0 Å². The van der Waals surface area contributed by atoms with Gasteiger partial charge in [0.15, 0.2) is 0 Å². The van der Waals surface area contributed by atoms with Gasteiger partial charge in [0.25, 0.3) is 0 Å². The first-order valence-corrected chi connectivity index (χ1v) is 9.30. The van der Waals surface area contributed by atoms with Crippen LogP contribution >= 0.6 is 0 Å². The number of halogens is 1. The van der Waals surface area contributed by atoms with Crippen molar-refractivity contribution in [2.75, 3.05) is 39.9 Å². The average molecular weight is 362 g/mol. The van der Waals surface area contributed by atoms with Gasteiger partial charge in [0.1, 0.15) is 5.82 Å². The minimum atomic E-state index is -0.315. The maximum absolute atomic E-state index is 13.4. The Balaban J connectivity index is 1.64. The van der Waals surface area contributed by atoms with Crippen molar-refractivity contribution in [3.8, 4) is 0 Å². The number of piperidine rings is 2. The fraction of sp³-hybridized carbons (Fsp3) is 0.600. The topological polar surface area (TPSA) is 49.9 Å². The minimum Gasteiger partial charge on any atom is -0.383 e. The molecule has 1 aromatic carbocycles. The van der Waals surface area contributed by atoms with Gasteiger partial charge in [-0.2, -0.15) is 0 Å². The number of ether oxygens (including phenoxy) is 1. The van der Waals surface area contributed by atoms with Crippen molar-refractivity contribution in [1.82, 2.24) is 9.80 Å². The van der Waals surface area contributed by atoms with Crippen LogP contribution in [0.25, 0.3) is 0 Å². The Hall–Kier alpha value is -1.95. The molecule has 0 saturated carbocycles. The van der Waals surface area contributed by atoms with Crippen LogP contribution in [0.2, 0.25) is 0 Å². The second-order valence-electron chi connectivity index (χ2n) is 7.53. The van der Waals surface area contributed by atoms with Crippen LogP contribution < -0.4 is 0 Å². The van der Waals surface area contributed by atoms with Crippen LogP contribution in [-0.2, 0) is 20.7 Å². The average Bonchev–Trinajstić information content (AvgIpc) is 2.63. The normalized spacial score (nSPS) is 23.5. The Kier molecular flexibility index (Phi) is 5.91. The Morgan fingerprint density at radius 1 is 1.31 bits per heavy atom. The van der Waals surface area contributed by atoms with Crippen molar-refractivity contribution in [1.29, 1.82) is 0 Å². The van der Waals surface area contributed by atoms with Gasteiger partial charge in [0.05, 0.1) is 13.0 Å². The van der Waals surface area contributed by atoms with Gasteiger partial charge in [-0.3, -0.25) is 9.59 Å². The van der Waals surface area contributed by atoms with Gasteiger partial charge in [-0.15, -0.1) is 0 Å². The lowest BCUT2D eigenvalue weighted by Gasteiger charge is -2.48. The Morgan fingerprint density at radius 2 is 2.15 bits per heavy atom. The molecule has 2 amide bonds. The molecule has 6 heteroatoms. The number of rotatable bonds is 5. The number of carbonyl (C=O) groups is 2. The number of hydrogen-bond acceptors (Lipinski definition) is 3. The number of likely N-dealkylation sites (tertiary alicyclic amines) is 2. The number of hydrogen-bond donors (Lipinski definition) is 0. The first-order valence-electron chi connectivity index (χ1n) is 9.30. The van der Waals surface area contributed by atoms with Gasteiger partial charge in [-0.05, 0) is 37.0 Å². The molecule has 2 aliphatic rings. The third kappa shape index (κ3) is 4.41. The molecule has 0 radical (unpaired) electrons. The number of amides is 2. The largest absolute Gasteiger partial charge is 0.383 e. The van der Waals surface area contributed by atoms with Gasteiger partial charge in [0.2, 0.25) is 11.8 Å². The number of methoxy groups -OCH3 is 1. The molecule has 0 bridgehead atoms. The monoisotopic (exact) mass is 362 g/mol. The SMILES string of the molecule is COCCN1C[C@]2(CCCN(C(=O)Cc3cccc(F)c3)C2)CCC1=O. The molecular formula is C20H27FN2O3. The lowest BCUT2D eigenvalue weighted by atomic mass is 9.73. The van der Waals surface area contributed by atoms with Gasteiger partial charge in [-0.25, -0.2) is 4.39 Å². The molecule has 5 nitrogen and oxygen atoms in total. The molecule has 1 atom stereocenters. The second-order valence-corrected chi connectivity index (χ2v) is 7.53. The third-order valence-corrected chi connectivity index (χ3v) is 5.57. The highest BCUT2D eigenvalue weighted by Gasteiger charge is 2.42. The highest BCUT2D eigenvalue weighted by molar-refractivity contribution is 5.79. The molecule has 0 unspecified atom stereocenters. The summed E-state index contributed by atoms with van der Waals surface area (Å²) in [6, 6.07) is 6.23. The minimum absolute atomic E-state index is 0.0164. The van der Waals surface area contributed by atoms with Crippen molar-refractivity contribution < 1.29 is 18.7 Å². The van der Waals surface area contributed by atoms with Crippen LogP contribution in [0.4, 0.5) is 4.39 Å². The number of benzene rings is 1. The van der Waals surface area contributed by atoms with Crippen LogP contribution in [0.1, 0.15) is 31.2 Å². The molecule has 0 aromatic heterocycles. The molecule has 2 aliphatic heterocycles.